The SMILES string of the molecule is C/C=C(/C=O)[C@H](CC=O)CC(=O)OCCc1ccc(O)cc1.C/C=C1/C2OC(C)(C)O[C@H]2C[C@@H]1CC(C)=O.C/C=C1\[C@@H](CC(=O)O)C[C@@H]2OC(C)(C)O[C@H]12.C/C=C1\[C@@H](CC(=O)OCCc2ccc(O)cc2)C[C@@H]2OC(C)(C)O[C@H]12.C/C=C1\[C@@H](CC(C)=O)C[C@@H]2OC(C)(C)O[C@H]12.CC(=O)C[C@H]1C[C@@H]2OC(C)(C)O[C@@H]2C1=O.OCCc1ccc(O)cc1. The molecule has 5 heterocycles. The number of carboxylic acids is 1. The second-order valence-electron chi connectivity index (χ2n) is 34.3. The molecule has 26 heteroatoms. The molecule has 0 amide bonds. The summed E-state index contributed by atoms with van der Waals surface area (Å²) in [6.07, 6.45) is 18.9. The third-order valence-corrected chi connectivity index (χ3v) is 22.4. The molecular formula is C94H130O26. The number of esters is 2. The van der Waals surface area contributed by atoms with Gasteiger partial charge in [0.1, 0.15) is 77.7 Å². The Morgan fingerprint density at radius 1 is 0.417 bits per heavy atom. The summed E-state index contributed by atoms with van der Waals surface area (Å²) in [5, 5.41) is 44.7. The number of carbonyl (C=O) groups is 9. The van der Waals surface area contributed by atoms with Crippen molar-refractivity contribution in [3.05, 3.63) is 148 Å². The van der Waals surface area contributed by atoms with Crippen molar-refractivity contribution in [1.29, 1.82) is 0 Å². The number of aromatic hydroxyl groups is 3. The molecule has 662 valence electrons. The van der Waals surface area contributed by atoms with Crippen molar-refractivity contribution in [3.63, 3.8) is 0 Å². The summed E-state index contributed by atoms with van der Waals surface area (Å²) in [6.45, 7) is 34.2. The van der Waals surface area contributed by atoms with Crippen LogP contribution in [0, 0.1) is 35.5 Å². The second-order valence-corrected chi connectivity index (χ2v) is 34.3. The molecule has 3 aromatic rings. The number of hydrogen-bond donors (Lipinski definition) is 5. The number of aliphatic hydroxyl groups is 1. The third-order valence-electron chi connectivity index (χ3n) is 22.4. The highest BCUT2D eigenvalue weighted by molar-refractivity contribution is 5.92. The Morgan fingerprint density at radius 3 is 1.00 bits per heavy atom. The van der Waals surface area contributed by atoms with Crippen molar-refractivity contribution < 1.29 is 126 Å². The zero-order valence-electron chi connectivity index (χ0n) is 73.2. The lowest BCUT2D eigenvalue weighted by atomic mass is 9.93. The van der Waals surface area contributed by atoms with Crippen LogP contribution < -0.4 is 0 Å². The van der Waals surface area contributed by atoms with Gasteiger partial charge in [0, 0.05) is 57.0 Å². The number of rotatable bonds is 24. The van der Waals surface area contributed by atoms with Crippen LogP contribution in [0.2, 0.25) is 0 Å². The lowest BCUT2D eigenvalue weighted by molar-refractivity contribution is -0.163. The number of carboxylic acid groups (broad SMARTS) is 1. The molecule has 0 aromatic heterocycles. The van der Waals surface area contributed by atoms with Gasteiger partial charge in [-0.25, -0.2) is 0 Å². The van der Waals surface area contributed by atoms with E-state index in [1.807, 2.05) is 107 Å². The molecule has 5 saturated carbocycles. The molecule has 10 fully saturated rings. The molecule has 3 aromatic carbocycles. The maximum Gasteiger partial charge on any atom is 0.306 e. The fourth-order valence-electron chi connectivity index (χ4n) is 17.5. The van der Waals surface area contributed by atoms with Crippen LogP contribution in [-0.2, 0) is 119 Å². The van der Waals surface area contributed by atoms with E-state index in [1.165, 1.54) is 18.1 Å². The second kappa shape index (κ2) is 44.7. The highest BCUT2D eigenvalue weighted by Crippen LogP contribution is 2.50. The number of phenols is 3. The number of benzene rings is 3. The first-order chi connectivity index (χ1) is 56.5. The monoisotopic (exact) mass is 1670 g/mol. The van der Waals surface area contributed by atoms with E-state index in [2.05, 4.69) is 12.2 Å². The Morgan fingerprint density at radius 2 is 0.708 bits per heavy atom. The number of carbonyl (C=O) groups excluding carboxylic acids is 8. The predicted molar refractivity (Wildman–Crippen MR) is 446 cm³/mol. The molecular weight excluding hydrogens is 1550 g/mol. The van der Waals surface area contributed by atoms with Gasteiger partial charge in [-0.15, -0.1) is 0 Å². The van der Waals surface area contributed by atoms with Crippen LogP contribution in [-0.4, -0.2) is 189 Å². The van der Waals surface area contributed by atoms with Crippen molar-refractivity contribution in [2.45, 2.75) is 311 Å². The Kier molecular flexibility index (Phi) is 36.8. The van der Waals surface area contributed by atoms with Gasteiger partial charge in [0.15, 0.2) is 34.7 Å². The molecule has 0 bridgehead atoms. The maximum absolute atomic E-state index is 12.2. The predicted octanol–water partition coefficient (Wildman–Crippen LogP) is 14.4. The van der Waals surface area contributed by atoms with Gasteiger partial charge in [0.05, 0.1) is 63.0 Å². The molecule has 5 aliphatic heterocycles. The number of ether oxygens (including phenoxy) is 12. The molecule has 16 atom stereocenters. The topological polar surface area (TPSA) is 366 Å². The van der Waals surface area contributed by atoms with Crippen LogP contribution in [0.5, 0.6) is 17.2 Å². The molecule has 26 nitrogen and oxygen atoms in total. The Bertz CT molecular complexity index is 3950. The van der Waals surface area contributed by atoms with E-state index >= 15 is 0 Å². The number of phenolic OH excluding ortho intramolecular Hbond substituents is 3. The summed E-state index contributed by atoms with van der Waals surface area (Å²) in [6, 6.07) is 20.4. The van der Waals surface area contributed by atoms with Crippen LogP contribution in [0.4, 0.5) is 0 Å². The number of ketones is 4. The number of aliphatic carboxylic acids is 1. The molecule has 13 rings (SSSR count). The Labute approximate surface area is 707 Å². The number of fused-ring (bicyclic) bond motifs is 5. The van der Waals surface area contributed by atoms with Crippen molar-refractivity contribution in [2.75, 3.05) is 19.8 Å². The van der Waals surface area contributed by atoms with E-state index in [0.29, 0.717) is 88.0 Å². The van der Waals surface area contributed by atoms with Gasteiger partial charge in [-0.2, -0.15) is 0 Å². The fraction of sp³-hybridized carbons (Fsp3) is 0.606. The van der Waals surface area contributed by atoms with Gasteiger partial charge in [-0.05, 0) is 268 Å². The van der Waals surface area contributed by atoms with Crippen LogP contribution >= 0.6 is 0 Å². The van der Waals surface area contributed by atoms with Crippen molar-refractivity contribution in [1.82, 2.24) is 0 Å². The zero-order valence-corrected chi connectivity index (χ0v) is 73.2. The summed E-state index contributed by atoms with van der Waals surface area (Å²) in [4.78, 5) is 101. The summed E-state index contributed by atoms with van der Waals surface area (Å²) in [5.41, 5.74) is 8.15. The first-order valence-corrected chi connectivity index (χ1v) is 42.0. The number of allylic oxidation sites excluding steroid dienone is 6. The number of aliphatic hydroxyl groups excluding tert-OH is 1. The van der Waals surface area contributed by atoms with E-state index in [9.17, 15) is 53.4 Å². The number of aldehydes is 2. The van der Waals surface area contributed by atoms with E-state index in [-0.39, 0.29) is 152 Å². The van der Waals surface area contributed by atoms with Gasteiger partial charge in [0.2, 0.25) is 0 Å². The summed E-state index contributed by atoms with van der Waals surface area (Å²) in [5.74, 6) is -2.69. The van der Waals surface area contributed by atoms with Gasteiger partial charge < -0.3 is 102 Å². The molecule has 5 aliphatic carbocycles. The van der Waals surface area contributed by atoms with E-state index in [0.717, 1.165) is 53.5 Å². The molecule has 5 N–H and O–H groups in total. The van der Waals surface area contributed by atoms with Crippen LogP contribution in [0.15, 0.2) is 131 Å². The molecule has 0 radical (unpaired) electrons. The third kappa shape index (κ3) is 29.5. The van der Waals surface area contributed by atoms with Gasteiger partial charge in [-0.3, -0.25) is 24.0 Å². The highest BCUT2D eigenvalue weighted by Gasteiger charge is 2.56. The molecule has 120 heavy (non-hydrogen) atoms. The zero-order chi connectivity index (χ0) is 88.8. The maximum atomic E-state index is 12.2. The van der Waals surface area contributed by atoms with E-state index in [1.54, 1.807) is 101 Å². The van der Waals surface area contributed by atoms with Crippen molar-refractivity contribution in [2.24, 2.45) is 35.5 Å². The largest absolute Gasteiger partial charge is 0.508 e. The lowest BCUT2D eigenvalue weighted by Crippen LogP contribution is -2.28. The minimum Gasteiger partial charge on any atom is -0.508 e. The smallest absolute Gasteiger partial charge is 0.306 e. The Hall–Kier alpha value is -8.25. The number of hydrogen-bond acceptors (Lipinski definition) is 25. The van der Waals surface area contributed by atoms with Crippen molar-refractivity contribution >= 4 is 53.6 Å². The van der Waals surface area contributed by atoms with Crippen LogP contribution in [0.1, 0.15) is 218 Å². The van der Waals surface area contributed by atoms with Gasteiger partial charge in [-0.1, -0.05) is 66.8 Å². The quantitative estimate of drug-likeness (QED) is 0.0241. The Balaban J connectivity index is 0.000000196. The minimum absolute atomic E-state index is 0.00668. The van der Waals surface area contributed by atoms with Gasteiger partial charge in [0.25, 0.3) is 0 Å². The fourth-order valence-corrected chi connectivity index (χ4v) is 17.5. The van der Waals surface area contributed by atoms with Gasteiger partial charge >= 0.3 is 17.9 Å². The van der Waals surface area contributed by atoms with Crippen molar-refractivity contribution in [3.8, 4) is 17.2 Å². The normalized spacial score (nSPS) is 29.5. The molecule has 0 spiro atoms. The highest BCUT2D eigenvalue weighted by atomic mass is 16.8. The van der Waals surface area contributed by atoms with Crippen LogP contribution in [0.3, 0.4) is 0 Å². The molecule has 10 aliphatic rings. The first kappa shape index (κ1) is 98.9. The standard InChI is InChI=1S/C20H26O5.C17H20O5.2C13H20O3.C12H18O4.C11H16O4.C8H10O2/c1-4-16-14(11-17-19(16)25-20(2,3)24-17)12-18(22)23-10-9-13-5-7-15(21)8-6-13;1-2-14(12-19)15(7-9-18)11-17(21)22-10-8-13-3-5-16(20)6-4-13;2*1-5-10-9(6-8(2)14)7-11-12(10)16-13(3,4)15-11;1-4-8-7(6-10(13)14)5-9-11(8)16-12(2,3)15-9;1-6(12)4-7-5-8-10(9(7)13)15-11(2,3)14-8;9-6-5-7-1-3-8(10)4-2-7/h4-8,14,17,19,21H,9-12H2,1-3H3;2-6,9,12,15,20H,7-8,10-11H2,1H3;2*5,9,11-12H,6-7H2,1-4H3;4,7,9,11H,5-6H2,1-3H3,(H,13,14);7-8,10H,4-5H2,1-3H3;1-4,9-10H,5-6H2/b16-4+;14-2-;2*10-5+;8-4+;;/t14-,17+,19-;15-;9-,11-,12?;9-,11-,12+;7-,9+,11-;7-,8-,10-;/m110010./s1. The van der Waals surface area contributed by atoms with E-state index in [4.69, 9.17) is 72.2 Å². The lowest BCUT2D eigenvalue weighted by Gasteiger charge is -2.21. The summed E-state index contributed by atoms with van der Waals surface area (Å²) in [7, 11) is 0. The first-order valence-electron chi connectivity index (χ1n) is 42.0. The summed E-state index contributed by atoms with van der Waals surface area (Å²) >= 11 is 0. The minimum atomic E-state index is -0.761. The van der Waals surface area contributed by atoms with E-state index < -0.39 is 52.9 Å². The van der Waals surface area contributed by atoms with Crippen LogP contribution in [0.25, 0.3) is 0 Å². The molecule has 5 saturated heterocycles. The average molecular weight is 1680 g/mol. The molecule has 1 unspecified atom stereocenters. The summed E-state index contributed by atoms with van der Waals surface area (Å²) < 4.78 is 68.6. The average Bonchev–Trinajstić information content (AvgIpc) is 1.68. The number of Topliss-reactive ketones (excluding diaryl/α,β-unsaturated/α-hetero) is 4.